The lowest BCUT2D eigenvalue weighted by atomic mass is 9.32. The monoisotopic (exact) mass is 600 g/mol. The van der Waals surface area contributed by atoms with Gasteiger partial charge in [-0.2, -0.15) is 0 Å². The van der Waals surface area contributed by atoms with Crippen LogP contribution in [0.3, 0.4) is 0 Å². The van der Waals surface area contributed by atoms with Crippen LogP contribution in [0.15, 0.2) is 30.4 Å². The van der Waals surface area contributed by atoms with Crippen molar-refractivity contribution in [3.63, 3.8) is 0 Å². The van der Waals surface area contributed by atoms with Gasteiger partial charge >= 0.3 is 0 Å². The Labute approximate surface area is 264 Å². The largest absolute Gasteiger partial charge is 0.358 e. The number of nitrogens with one attached hydrogen (secondary N) is 2. The SMILES string of the molecule is C=C(C)[C@@H]1CC[C@]2(C(=O)NC3CC3)CC[C@]3(C)C(CCC4[C@@]5(C)Cc6c([nH]c7ccc(Cl)cc67)C(C)(C)C5CC[C@]43C)C12. The van der Waals surface area contributed by atoms with Gasteiger partial charge in [0.15, 0.2) is 0 Å². The zero-order chi connectivity index (χ0) is 30.3. The van der Waals surface area contributed by atoms with Crippen LogP contribution in [0, 0.1) is 51.2 Å². The second-order valence-corrected chi connectivity index (χ2v) is 18.1. The molecule has 3 nitrogen and oxygen atoms in total. The van der Waals surface area contributed by atoms with Crippen LogP contribution in [-0.4, -0.2) is 16.9 Å². The van der Waals surface area contributed by atoms with Crippen molar-refractivity contribution in [2.75, 3.05) is 0 Å². The van der Waals surface area contributed by atoms with Crippen molar-refractivity contribution in [1.82, 2.24) is 10.3 Å². The van der Waals surface area contributed by atoms with Crippen molar-refractivity contribution in [2.45, 2.75) is 124 Å². The molecule has 1 aromatic heterocycles. The van der Waals surface area contributed by atoms with Gasteiger partial charge in [-0.05, 0) is 147 Å². The first-order chi connectivity index (χ1) is 20.3. The highest BCUT2D eigenvalue weighted by molar-refractivity contribution is 6.31. The first-order valence-electron chi connectivity index (χ1n) is 17.5. The summed E-state index contributed by atoms with van der Waals surface area (Å²) >= 11 is 6.58. The maximum absolute atomic E-state index is 14.1. The van der Waals surface area contributed by atoms with E-state index in [1.165, 1.54) is 59.8 Å². The fourth-order valence-electron chi connectivity index (χ4n) is 13.4. The molecule has 1 aromatic carbocycles. The summed E-state index contributed by atoms with van der Waals surface area (Å²) in [6.45, 7) is 19.9. The van der Waals surface area contributed by atoms with Gasteiger partial charge in [-0.3, -0.25) is 4.79 Å². The summed E-state index contributed by atoms with van der Waals surface area (Å²) in [6, 6.07) is 6.85. The van der Waals surface area contributed by atoms with Crippen LogP contribution in [0.25, 0.3) is 10.9 Å². The van der Waals surface area contributed by atoms with Gasteiger partial charge in [0.25, 0.3) is 0 Å². The molecule has 0 spiro atoms. The van der Waals surface area contributed by atoms with Crippen molar-refractivity contribution < 1.29 is 4.79 Å². The smallest absolute Gasteiger partial charge is 0.226 e. The van der Waals surface area contributed by atoms with Gasteiger partial charge in [-0.1, -0.05) is 58.4 Å². The van der Waals surface area contributed by atoms with E-state index in [-0.39, 0.29) is 27.1 Å². The Balaban J connectivity index is 1.20. The summed E-state index contributed by atoms with van der Waals surface area (Å²) in [5.41, 5.74) is 6.17. The summed E-state index contributed by atoms with van der Waals surface area (Å²) < 4.78 is 0. The van der Waals surface area contributed by atoms with E-state index in [9.17, 15) is 4.79 Å². The zero-order valence-electron chi connectivity index (χ0n) is 27.5. The van der Waals surface area contributed by atoms with Crippen molar-refractivity contribution in [2.24, 2.45) is 51.2 Å². The highest BCUT2D eigenvalue weighted by Crippen LogP contribution is 2.77. The molecule has 4 unspecified atom stereocenters. The third kappa shape index (κ3) is 3.58. The van der Waals surface area contributed by atoms with E-state index in [0.717, 1.165) is 43.5 Å². The minimum absolute atomic E-state index is 0.0893. The molecule has 0 aliphatic heterocycles. The highest BCUT2D eigenvalue weighted by atomic mass is 35.5. The van der Waals surface area contributed by atoms with E-state index in [1.807, 2.05) is 6.07 Å². The van der Waals surface area contributed by atoms with Crippen molar-refractivity contribution in [3.05, 3.63) is 46.6 Å². The van der Waals surface area contributed by atoms with Crippen molar-refractivity contribution >= 4 is 28.4 Å². The second kappa shape index (κ2) is 8.95. The van der Waals surface area contributed by atoms with Crippen LogP contribution in [-0.2, 0) is 16.6 Å². The number of halogens is 1. The summed E-state index contributed by atoms with van der Waals surface area (Å²) in [5, 5.41) is 5.68. The molecule has 6 aliphatic carbocycles. The molecule has 2 aromatic rings. The molecule has 0 radical (unpaired) electrons. The highest BCUT2D eigenvalue weighted by Gasteiger charge is 2.72. The number of aromatic amines is 1. The lowest BCUT2D eigenvalue weighted by Gasteiger charge is -2.72. The van der Waals surface area contributed by atoms with E-state index < -0.39 is 0 Å². The second-order valence-electron chi connectivity index (χ2n) is 17.7. The molecule has 5 saturated carbocycles. The number of rotatable bonds is 3. The Morgan fingerprint density at radius 3 is 2.42 bits per heavy atom. The average Bonchev–Trinajstić information content (AvgIpc) is 3.54. The normalized spacial score (nSPS) is 44.5. The fraction of sp³-hybridized carbons (Fsp3) is 0.718. The topological polar surface area (TPSA) is 44.9 Å². The molecule has 2 N–H and O–H groups in total. The molecule has 6 aliphatic rings. The number of benzene rings is 1. The number of fused-ring (bicyclic) bond motifs is 10. The van der Waals surface area contributed by atoms with Crippen LogP contribution < -0.4 is 5.32 Å². The lowest BCUT2D eigenvalue weighted by Crippen LogP contribution is -2.67. The van der Waals surface area contributed by atoms with Crippen LogP contribution in [0.2, 0.25) is 5.02 Å². The Morgan fingerprint density at radius 1 is 0.930 bits per heavy atom. The summed E-state index contributed by atoms with van der Waals surface area (Å²) in [6.07, 6.45) is 13.1. The molecule has 4 heteroatoms. The Morgan fingerprint density at radius 2 is 1.70 bits per heavy atom. The Kier molecular flexibility index (Phi) is 5.98. The predicted molar refractivity (Wildman–Crippen MR) is 177 cm³/mol. The number of allylic oxidation sites excluding steroid dienone is 1. The fourth-order valence-corrected chi connectivity index (χ4v) is 13.6. The molecule has 43 heavy (non-hydrogen) atoms. The van der Waals surface area contributed by atoms with Gasteiger partial charge in [0.1, 0.15) is 0 Å². The van der Waals surface area contributed by atoms with E-state index in [0.29, 0.717) is 41.5 Å². The minimum atomic E-state index is -0.189. The van der Waals surface area contributed by atoms with Gasteiger partial charge in [-0.25, -0.2) is 0 Å². The molecular weight excluding hydrogens is 548 g/mol. The van der Waals surface area contributed by atoms with Crippen molar-refractivity contribution in [3.8, 4) is 0 Å². The van der Waals surface area contributed by atoms with Crippen LogP contribution in [0.5, 0.6) is 0 Å². The number of carbonyl (C=O) groups is 1. The minimum Gasteiger partial charge on any atom is -0.358 e. The first-order valence-corrected chi connectivity index (χ1v) is 17.9. The molecule has 0 bridgehead atoms. The molecule has 8 rings (SSSR count). The molecule has 9 atom stereocenters. The number of amides is 1. The molecule has 5 fully saturated rings. The Bertz CT molecular complexity index is 1530. The van der Waals surface area contributed by atoms with Gasteiger partial charge in [-0.15, -0.1) is 0 Å². The molecule has 0 saturated heterocycles. The van der Waals surface area contributed by atoms with E-state index in [1.54, 1.807) is 0 Å². The van der Waals surface area contributed by atoms with Crippen LogP contribution >= 0.6 is 11.6 Å². The molecular formula is C39H53ClN2O. The lowest BCUT2D eigenvalue weighted by molar-refractivity contribution is -0.224. The van der Waals surface area contributed by atoms with E-state index in [4.69, 9.17) is 11.6 Å². The van der Waals surface area contributed by atoms with Gasteiger partial charge < -0.3 is 10.3 Å². The maximum atomic E-state index is 14.1. The maximum Gasteiger partial charge on any atom is 0.226 e. The number of hydrogen-bond donors (Lipinski definition) is 2. The molecule has 232 valence electrons. The number of carbonyl (C=O) groups excluding carboxylic acids is 1. The molecule has 1 heterocycles. The third-order valence-corrected chi connectivity index (χ3v) is 15.9. The number of H-pyrrole nitrogens is 1. The van der Waals surface area contributed by atoms with Crippen LogP contribution in [0.4, 0.5) is 0 Å². The average molecular weight is 601 g/mol. The third-order valence-electron chi connectivity index (χ3n) is 15.6. The van der Waals surface area contributed by atoms with Crippen LogP contribution in [0.1, 0.15) is 117 Å². The first kappa shape index (κ1) is 28.7. The van der Waals surface area contributed by atoms with E-state index >= 15 is 0 Å². The van der Waals surface area contributed by atoms with Crippen molar-refractivity contribution in [1.29, 1.82) is 0 Å². The van der Waals surface area contributed by atoms with Gasteiger partial charge in [0.2, 0.25) is 5.91 Å². The number of aromatic nitrogens is 1. The molecule has 1 amide bonds. The van der Waals surface area contributed by atoms with Gasteiger partial charge in [0, 0.05) is 33.1 Å². The predicted octanol–water partition coefficient (Wildman–Crippen LogP) is 9.77. The van der Waals surface area contributed by atoms with Gasteiger partial charge in [0.05, 0.1) is 5.41 Å². The van der Waals surface area contributed by atoms with E-state index in [2.05, 4.69) is 70.6 Å². The number of hydrogen-bond acceptors (Lipinski definition) is 1. The summed E-state index contributed by atoms with van der Waals surface area (Å²) in [4.78, 5) is 18.0. The standard InChI is InChI=1S/C39H53ClN2O/c1-22(2)25-14-17-39(34(43)41-24-9-10-24)19-18-37(6)28(32(25)39)11-13-31-36(5)21-27-26-20-23(40)8-12-29(26)42-33(27)35(3,4)30(36)15-16-38(31,37)7/h8,12,20,24-25,28,30-32,42H,1,9-11,13-19,21H2,2-7H3,(H,41,43)/t25-,28?,30?,31?,32?,36-,37+,38+,39-/m0/s1. The Hall–Kier alpha value is -1.74. The summed E-state index contributed by atoms with van der Waals surface area (Å²) in [5.74, 6) is 3.24. The zero-order valence-corrected chi connectivity index (χ0v) is 28.2. The summed E-state index contributed by atoms with van der Waals surface area (Å²) in [7, 11) is 0. The quantitative estimate of drug-likeness (QED) is 0.338.